The third kappa shape index (κ3) is 2.05. The first-order valence-electron chi connectivity index (χ1n) is 3.59. The summed E-state index contributed by atoms with van der Waals surface area (Å²) in [5.41, 5.74) is -0.425. The molecular weight excluding hydrogens is 144 g/mol. The van der Waals surface area contributed by atoms with Crippen molar-refractivity contribution >= 4 is 5.97 Å². The monoisotopic (exact) mass is 156 g/mol. The summed E-state index contributed by atoms with van der Waals surface area (Å²) in [6, 6.07) is 0. The molecule has 0 aromatic heterocycles. The van der Waals surface area contributed by atoms with E-state index in [1.807, 2.05) is 6.92 Å². The van der Waals surface area contributed by atoms with E-state index in [-0.39, 0.29) is 5.97 Å². The Balaban J connectivity index is 2.45. The zero-order chi connectivity index (χ0) is 8.32. The van der Waals surface area contributed by atoms with Crippen LogP contribution in [0.2, 0.25) is 0 Å². The second kappa shape index (κ2) is 3.05. The third-order valence-corrected chi connectivity index (χ3v) is 1.70. The van der Waals surface area contributed by atoms with E-state index in [2.05, 4.69) is 6.58 Å². The zero-order valence-corrected chi connectivity index (χ0v) is 6.63. The summed E-state index contributed by atoms with van der Waals surface area (Å²) in [5, 5.41) is 0. The first-order valence-corrected chi connectivity index (χ1v) is 3.59. The fourth-order valence-electron chi connectivity index (χ4n) is 1.01. The Kier molecular flexibility index (Phi) is 2.29. The minimum Gasteiger partial charge on any atom is -0.454 e. The molecule has 0 amide bonds. The Morgan fingerprint density at radius 3 is 3.00 bits per heavy atom. The molecule has 62 valence electrons. The van der Waals surface area contributed by atoms with E-state index >= 15 is 0 Å². The van der Waals surface area contributed by atoms with Crippen molar-refractivity contribution in [1.82, 2.24) is 0 Å². The normalized spacial score (nSPS) is 29.9. The molecule has 1 heterocycles. The number of carbonyl (C=O) groups is 1. The van der Waals surface area contributed by atoms with Crippen LogP contribution >= 0.6 is 0 Å². The lowest BCUT2D eigenvalue weighted by atomic mass is 10.1. The highest BCUT2D eigenvalue weighted by Crippen LogP contribution is 2.22. The van der Waals surface area contributed by atoms with Crippen molar-refractivity contribution in [3.63, 3.8) is 0 Å². The smallest absolute Gasteiger partial charge is 0.330 e. The Morgan fingerprint density at radius 1 is 1.82 bits per heavy atom. The summed E-state index contributed by atoms with van der Waals surface area (Å²) in [6.45, 7) is 6.34. The number of ether oxygens (including phenoxy) is 2. The minimum atomic E-state index is -0.425. The van der Waals surface area contributed by atoms with E-state index < -0.39 is 5.60 Å². The first kappa shape index (κ1) is 8.27. The van der Waals surface area contributed by atoms with Gasteiger partial charge in [0.25, 0.3) is 0 Å². The van der Waals surface area contributed by atoms with E-state index in [4.69, 9.17) is 9.47 Å². The van der Waals surface area contributed by atoms with Crippen LogP contribution in [-0.4, -0.2) is 24.8 Å². The molecule has 0 aliphatic carbocycles. The molecule has 1 fully saturated rings. The summed E-state index contributed by atoms with van der Waals surface area (Å²) >= 11 is 0. The predicted molar refractivity (Wildman–Crippen MR) is 40.1 cm³/mol. The number of rotatable bonds is 2. The fraction of sp³-hybridized carbons (Fsp3) is 0.625. The van der Waals surface area contributed by atoms with Gasteiger partial charge in [-0.05, 0) is 6.92 Å². The first-order chi connectivity index (χ1) is 5.16. The Labute approximate surface area is 66.0 Å². The second-order valence-corrected chi connectivity index (χ2v) is 2.88. The number of hydrogen-bond acceptors (Lipinski definition) is 3. The van der Waals surface area contributed by atoms with Crippen LogP contribution in [0.15, 0.2) is 12.7 Å². The molecule has 3 nitrogen and oxygen atoms in total. The average molecular weight is 156 g/mol. The zero-order valence-electron chi connectivity index (χ0n) is 6.63. The Bertz CT molecular complexity index is 168. The lowest BCUT2D eigenvalue weighted by molar-refractivity contribution is -0.151. The standard InChI is InChI=1S/C8H12O3/c1-3-7(9)11-8(2)4-5-10-6-8/h3H,1,4-6H2,2H3. The summed E-state index contributed by atoms with van der Waals surface area (Å²) < 4.78 is 10.2. The van der Waals surface area contributed by atoms with Gasteiger partial charge in [-0.1, -0.05) is 6.58 Å². The summed E-state index contributed by atoms with van der Waals surface area (Å²) in [7, 11) is 0. The van der Waals surface area contributed by atoms with E-state index in [1.165, 1.54) is 6.08 Å². The van der Waals surface area contributed by atoms with Crippen molar-refractivity contribution in [3.05, 3.63) is 12.7 Å². The molecule has 1 saturated heterocycles. The Hall–Kier alpha value is -0.830. The highest BCUT2D eigenvalue weighted by molar-refractivity contribution is 5.81. The van der Waals surface area contributed by atoms with Gasteiger partial charge in [0.1, 0.15) is 5.60 Å². The van der Waals surface area contributed by atoms with Crippen LogP contribution in [0.3, 0.4) is 0 Å². The van der Waals surface area contributed by atoms with Gasteiger partial charge >= 0.3 is 5.97 Å². The predicted octanol–water partition coefficient (Wildman–Crippen LogP) is 0.895. The third-order valence-electron chi connectivity index (χ3n) is 1.70. The van der Waals surface area contributed by atoms with Crippen molar-refractivity contribution in [2.45, 2.75) is 18.9 Å². The Morgan fingerprint density at radius 2 is 2.55 bits per heavy atom. The summed E-state index contributed by atoms with van der Waals surface area (Å²) in [5.74, 6) is -0.377. The minimum absolute atomic E-state index is 0.377. The quantitative estimate of drug-likeness (QED) is 0.440. The number of hydrogen-bond donors (Lipinski definition) is 0. The molecule has 1 unspecified atom stereocenters. The highest BCUT2D eigenvalue weighted by atomic mass is 16.6. The SMILES string of the molecule is C=CC(=O)OC1(C)CCOC1. The molecule has 0 saturated carbocycles. The largest absolute Gasteiger partial charge is 0.454 e. The lowest BCUT2D eigenvalue weighted by Gasteiger charge is -2.20. The van der Waals surface area contributed by atoms with Crippen LogP contribution in [0.25, 0.3) is 0 Å². The van der Waals surface area contributed by atoms with E-state index in [9.17, 15) is 4.79 Å². The van der Waals surface area contributed by atoms with Crippen molar-refractivity contribution in [3.8, 4) is 0 Å². The second-order valence-electron chi connectivity index (χ2n) is 2.88. The van der Waals surface area contributed by atoms with Crippen LogP contribution < -0.4 is 0 Å². The molecule has 1 atom stereocenters. The van der Waals surface area contributed by atoms with Crippen LogP contribution in [0.5, 0.6) is 0 Å². The van der Waals surface area contributed by atoms with E-state index in [1.54, 1.807) is 0 Å². The van der Waals surface area contributed by atoms with Crippen LogP contribution in [0, 0.1) is 0 Å². The molecule has 0 N–H and O–H groups in total. The van der Waals surface area contributed by atoms with E-state index in [0.717, 1.165) is 6.42 Å². The van der Waals surface area contributed by atoms with Gasteiger partial charge in [0.05, 0.1) is 13.2 Å². The van der Waals surface area contributed by atoms with Crippen molar-refractivity contribution in [2.75, 3.05) is 13.2 Å². The van der Waals surface area contributed by atoms with E-state index in [0.29, 0.717) is 13.2 Å². The van der Waals surface area contributed by atoms with Gasteiger partial charge in [0.15, 0.2) is 0 Å². The van der Waals surface area contributed by atoms with Crippen LogP contribution in [0.1, 0.15) is 13.3 Å². The number of carbonyl (C=O) groups excluding carboxylic acids is 1. The van der Waals surface area contributed by atoms with Crippen molar-refractivity contribution < 1.29 is 14.3 Å². The maximum atomic E-state index is 10.8. The van der Waals surface area contributed by atoms with Gasteiger partial charge in [0.2, 0.25) is 0 Å². The molecule has 1 rings (SSSR count). The summed E-state index contributed by atoms with van der Waals surface area (Å²) in [6.07, 6.45) is 1.94. The fourth-order valence-corrected chi connectivity index (χ4v) is 1.01. The van der Waals surface area contributed by atoms with Gasteiger partial charge in [-0.15, -0.1) is 0 Å². The molecular formula is C8H12O3. The molecule has 0 radical (unpaired) electrons. The molecule has 0 bridgehead atoms. The molecule has 0 spiro atoms. The van der Waals surface area contributed by atoms with Gasteiger partial charge in [-0.25, -0.2) is 4.79 Å². The van der Waals surface area contributed by atoms with Gasteiger partial charge in [0, 0.05) is 12.5 Å². The van der Waals surface area contributed by atoms with Gasteiger partial charge in [-0.3, -0.25) is 0 Å². The van der Waals surface area contributed by atoms with Gasteiger partial charge < -0.3 is 9.47 Å². The maximum absolute atomic E-state index is 10.8. The maximum Gasteiger partial charge on any atom is 0.330 e. The molecule has 3 heteroatoms. The van der Waals surface area contributed by atoms with Crippen LogP contribution in [0.4, 0.5) is 0 Å². The lowest BCUT2D eigenvalue weighted by Crippen LogP contribution is -2.31. The summed E-state index contributed by atoms with van der Waals surface area (Å²) in [4.78, 5) is 10.8. The van der Waals surface area contributed by atoms with Gasteiger partial charge in [-0.2, -0.15) is 0 Å². The van der Waals surface area contributed by atoms with Crippen molar-refractivity contribution in [1.29, 1.82) is 0 Å². The topological polar surface area (TPSA) is 35.5 Å². The molecule has 0 aromatic rings. The molecule has 11 heavy (non-hydrogen) atoms. The van der Waals surface area contributed by atoms with Crippen molar-refractivity contribution in [2.24, 2.45) is 0 Å². The molecule has 0 aromatic carbocycles. The average Bonchev–Trinajstić information content (AvgIpc) is 2.36. The molecule has 1 aliphatic heterocycles. The highest BCUT2D eigenvalue weighted by Gasteiger charge is 2.32. The van der Waals surface area contributed by atoms with Crippen LogP contribution in [-0.2, 0) is 14.3 Å². The molecule has 1 aliphatic rings. The number of esters is 1.